The van der Waals surface area contributed by atoms with Gasteiger partial charge in [0.1, 0.15) is 12.1 Å². The van der Waals surface area contributed by atoms with Gasteiger partial charge in [0.2, 0.25) is 5.91 Å². The fraction of sp³-hybridized carbons (Fsp3) is 0.550. The van der Waals surface area contributed by atoms with Gasteiger partial charge < -0.3 is 10.6 Å². The summed E-state index contributed by atoms with van der Waals surface area (Å²) in [5.41, 5.74) is 2.40. The number of nitrogens with one attached hydrogen (secondary N) is 2. The Balaban J connectivity index is 2.02. The SMILES string of the molecule is Cc1ccc(C(C)NC(=O)CN2C(=O)NC(C)(CC(C)C)C2=O)cc1C. The molecule has 2 rings (SSSR count). The number of carbonyl (C=O) groups is 3. The number of carbonyl (C=O) groups excluding carboxylic acids is 3. The van der Waals surface area contributed by atoms with Gasteiger partial charge in [0.05, 0.1) is 6.04 Å². The second kappa shape index (κ2) is 7.48. The summed E-state index contributed by atoms with van der Waals surface area (Å²) >= 11 is 0. The summed E-state index contributed by atoms with van der Waals surface area (Å²) in [4.78, 5) is 38.2. The minimum absolute atomic E-state index is 0.204. The third-order valence-corrected chi connectivity index (χ3v) is 4.87. The number of rotatable bonds is 6. The first-order valence-corrected chi connectivity index (χ1v) is 9.04. The lowest BCUT2D eigenvalue weighted by Gasteiger charge is -2.23. The third-order valence-electron chi connectivity index (χ3n) is 4.87. The Kier molecular flexibility index (Phi) is 5.74. The number of nitrogens with zero attached hydrogens (tertiary/aromatic N) is 1. The van der Waals surface area contributed by atoms with Crippen molar-refractivity contribution in [3.05, 3.63) is 34.9 Å². The van der Waals surface area contributed by atoms with Gasteiger partial charge in [-0.05, 0) is 56.7 Å². The fourth-order valence-corrected chi connectivity index (χ4v) is 3.39. The van der Waals surface area contributed by atoms with Gasteiger partial charge in [0, 0.05) is 0 Å². The summed E-state index contributed by atoms with van der Waals surface area (Å²) in [7, 11) is 0. The van der Waals surface area contributed by atoms with E-state index < -0.39 is 11.6 Å². The lowest BCUT2D eigenvalue weighted by Crippen LogP contribution is -2.46. The van der Waals surface area contributed by atoms with E-state index >= 15 is 0 Å². The molecule has 1 saturated heterocycles. The minimum Gasteiger partial charge on any atom is -0.348 e. The van der Waals surface area contributed by atoms with Gasteiger partial charge in [-0.25, -0.2) is 4.79 Å². The van der Waals surface area contributed by atoms with Crippen LogP contribution in [-0.2, 0) is 9.59 Å². The van der Waals surface area contributed by atoms with Gasteiger partial charge in [-0.15, -0.1) is 0 Å². The molecule has 26 heavy (non-hydrogen) atoms. The second-order valence-electron chi connectivity index (χ2n) is 7.88. The van der Waals surface area contributed by atoms with E-state index in [9.17, 15) is 14.4 Å². The third kappa shape index (κ3) is 4.23. The first-order chi connectivity index (χ1) is 12.0. The molecule has 2 unspecified atom stereocenters. The van der Waals surface area contributed by atoms with Crippen LogP contribution in [0, 0.1) is 19.8 Å². The summed E-state index contributed by atoms with van der Waals surface area (Å²) in [5, 5.41) is 5.59. The molecule has 0 spiro atoms. The summed E-state index contributed by atoms with van der Waals surface area (Å²) in [6.07, 6.45) is 0.536. The van der Waals surface area contributed by atoms with Gasteiger partial charge in [-0.2, -0.15) is 0 Å². The van der Waals surface area contributed by atoms with E-state index in [-0.39, 0.29) is 30.3 Å². The highest BCUT2D eigenvalue weighted by Crippen LogP contribution is 2.25. The van der Waals surface area contributed by atoms with Crippen LogP contribution in [-0.4, -0.2) is 34.8 Å². The summed E-state index contributed by atoms with van der Waals surface area (Å²) in [6.45, 7) is 11.4. The van der Waals surface area contributed by atoms with Gasteiger partial charge in [0.15, 0.2) is 0 Å². The highest BCUT2D eigenvalue weighted by Gasteiger charge is 2.48. The van der Waals surface area contributed by atoms with E-state index in [4.69, 9.17) is 0 Å². The van der Waals surface area contributed by atoms with Crippen molar-refractivity contribution in [2.75, 3.05) is 6.54 Å². The van der Waals surface area contributed by atoms with Crippen molar-refractivity contribution in [3.63, 3.8) is 0 Å². The zero-order valence-electron chi connectivity index (χ0n) is 16.5. The Morgan fingerprint density at radius 2 is 1.85 bits per heavy atom. The van der Waals surface area contributed by atoms with E-state index in [1.807, 2.05) is 52.8 Å². The largest absolute Gasteiger partial charge is 0.348 e. The van der Waals surface area contributed by atoms with E-state index in [2.05, 4.69) is 10.6 Å². The maximum absolute atomic E-state index is 12.6. The maximum Gasteiger partial charge on any atom is 0.325 e. The monoisotopic (exact) mass is 359 g/mol. The topological polar surface area (TPSA) is 78.5 Å². The van der Waals surface area contributed by atoms with Crippen molar-refractivity contribution in [2.45, 2.75) is 59.5 Å². The fourth-order valence-electron chi connectivity index (χ4n) is 3.39. The Morgan fingerprint density at radius 3 is 2.42 bits per heavy atom. The van der Waals surface area contributed by atoms with Gasteiger partial charge in [-0.3, -0.25) is 14.5 Å². The van der Waals surface area contributed by atoms with Crippen LogP contribution >= 0.6 is 0 Å². The Hall–Kier alpha value is -2.37. The average Bonchev–Trinajstić information content (AvgIpc) is 2.72. The first-order valence-electron chi connectivity index (χ1n) is 9.04. The molecular formula is C20H29N3O3. The van der Waals surface area contributed by atoms with Crippen molar-refractivity contribution in [1.82, 2.24) is 15.5 Å². The first kappa shape index (κ1) is 19.9. The average molecular weight is 359 g/mol. The number of amides is 4. The zero-order valence-corrected chi connectivity index (χ0v) is 16.5. The molecule has 1 heterocycles. The van der Waals surface area contributed by atoms with Crippen LogP contribution in [0.3, 0.4) is 0 Å². The molecule has 0 aromatic heterocycles. The lowest BCUT2D eigenvalue weighted by atomic mass is 9.91. The maximum atomic E-state index is 12.6. The number of benzene rings is 1. The molecule has 1 aliphatic heterocycles. The van der Waals surface area contributed by atoms with Crippen LogP contribution in [0.25, 0.3) is 0 Å². The Morgan fingerprint density at radius 1 is 1.19 bits per heavy atom. The standard InChI is InChI=1S/C20H29N3O3/c1-12(2)10-20(6)18(25)23(19(26)22-20)11-17(24)21-15(5)16-8-7-13(3)14(4)9-16/h7-9,12,15H,10-11H2,1-6H3,(H,21,24)(H,22,26). The highest BCUT2D eigenvalue weighted by atomic mass is 16.2. The van der Waals surface area contributed by atoms with Crippen molar-refractivity contribution in [2.24, 2.45) is 5.92 Å². The molecule has 0 radical (unpaired) electrons. The van der Waals surface area contributed by atoms with Crippen molar-refractivity contribution < 1.29 is 14.4 Å². The molecule has 0 bridgehead atoms. The van der Waals surface area contributed by atoms with E-state index in [0.717, 1.165) is 16.0 Å². The van der Waals surface area contributed by atoms with E-state index in [1.165, 1.54) is 5.56 Å². The van der Waals surface area contributed by atoms with Crippen molar-refractivity contribution in [3.8, 4) is 0 Å². The molecule has 6 heteroatoms. The smallest absolute Gasteiger partial charge is 0.325 e. The predicted molar refractivity (Wildman–Crippen MR) is 101 cm³/mol. The van der Waals surface area contributed by atoms with Crippen molar-refractivity contribution in [1.29, 1.82) is 0 Å². The van der Waals surface area contributed by atoms with Crippen LogP contribution in [0.15, 0.2) is 18.2 Å². The number of aryl methyl sites for hydroxylation is 2. The molecule has 6 nitrogen and oxygen atoms in total. The number of urea groups is 1. The molecule has 0 aliphatic carbocycles. The second-order valence-corrected chi connectivity index (χ2v) is 7.88. The minimum atomic E-state index is -0.939. The molecule has 1 fully saturated rings. The number of hydrogen-bond donors (Lipinski definition) is 2. The molecule has 1 aliphatic rings. The molecule has 4 amide bonds. The zero-order chi connectivity index (χ0) is 19.6. The van der Waals surface area contributed by atoms with Gasteiger partial charge >= 0.3 is 6.03 Å². The van der Waals surface area contributed by atoms with Crippen LogP contribution in [0.1, 0.15) is 56.8 Å². The van der Waals surface area contributed by atoms with Crippen LogP contribution < -0.4 is 10.6 Å². The lowest BCUT2D eigenvalue weighted by molar-refractivity contribution is -0.135. The predicted octanol–water partition coefficient (Wildman–Crippen LogP) is 2.84. The molecule has 2 atom stereocenters. The van der Waals surface area contributed by atoms with Gasteiger partial charge in [0.25, 0.3) is 5.91 Å². The Labute approximate surface area is 155 Å². The van der Waals surface area contributed by atoms with Crippen LogP contribution in [0.2, 0.25) is 0 Å². The highest BCUT2D eigenvalue weighted by molar-refractivity contribution is 6.08. The Bertz CT molecular complexity index is 729. The molecule has 0 saturated carbocycles. The van der Waals surface area contributed by atoms with E-state index in [0.29, 0.717) is 6.42 Å². The molecule has 142 valence electrons. The summed E-state index contributed by atoms with van der Waals surface area (Å²) in [5.74, 6) is -0.443. The van der Waals surface area contributed by atoms with Crippen molar-refractivity contribution >= 4 is 17.8 Å². The summed E-state index contributed by atoms with van der Waals surface area (Å²) in [6, 6.07) is 5.31. The number of imide groups is 1. The number of hydrogen-bond acceptors (Lipinski definition) is 3. The van der Waals surface area contributed by atoms with E-state index in [1.54, 1.807) is 6.92 Å². The van der Waals surface area contributed by atoms with Crippen LogP contribution in [0.4, 0.5) is 4.79 Å². The molecule has 2 N–H and O–H groups in total. The molecular weight excluding hydrogens is 330 g/mol. The normalized spacial score (nSPS) is 21.1. The quantitative estimate of drug-likeness (QED) is 0.767. The van der Waals surface area contributed by atoms with Gasteiger partial charge in [-0.1, -0.05) is 32.0 Å². The molecule has 1 aromatic rings. The molecule has 1 aromatic carbocycles. The van der Waals surface area contributed by atoms with Crippen LogP contribution in [0.5, 0.6) is 0 Å². The summed E-state index contributed by atoms with van der Waals surface area (Å²) < 4.78 is 0.